The molecule has 2 aromatic heterocycles. The normalized spacial score (nSPS) is 10.4. The Labute approximate surface area is 154 Å². The maximum atomic E-state index is 11.9. The van der Waals surface area contributed by atoms with Crippen LogP contribution in [-0.2, 0) is 11.3 Å². The molecular formula is C18H16ClN3O2S. The van der Waals surface area contributed by atoms with Gasteiger partial charge in [-0.25, -0.2) is 4.98 Å². The maximum absolute atomic E-state index is 11.9. The monoisotopic (exact) mass is 373 g/mol. The molecule has 5 nitrogen and oxygen atoms in total. The second kappa shape index (κ2) is 8.60. The second-order valence-electron chi connectivity index (χ2n) is 5.19. The number of para-hydroxylation sites is 1. The summed E-state index contributed by atoms with van der Waals surface area (Å²) in [5.41, 5.74) is 1.79. The summed E-state index contributed by atoms with van der Waals surface area (Å²) < 4.78 is 5.51. The van der Waals surface area contributed by atoms with E-state index in [0.29, 0.717) is 17.3 Å². The van der Waals surface area contributed by atoms with Crippen LogP contribution < -0.4 is 10.1 Å². The average Bonchev–Trinajstić information content (AvgIpc) is 3.11. The zero-order valence-corrected chi connectivity index (χ0v) is 14.9. The van der Waals surface area contributed by atoms with Gasteiger partial charge in [-0.3, -0.25) is 9.78 Å². The number of rotatable bonds is 7. The summed E-state index contributed by atoms with van der Waals surface area (Å²) in [6, 6.07) is 11.0. The Kier molecular flexibility index (Phi) is 5.98. The van der Waals surface area contributed by atoms with E-state index >= 15 is 0 Å². The first-order valence-electron chi connectivity index (χ1n) is 7.71. The number of nitrogens with one attached hydrogen (secondary N) is 1. The summed E-state index contributed by atoms with van der Waals surface area (Å²) in [5, 5.41) is 6.20. The molecule has 0 saturated heterocycles. The minimum absolute atomic E-state index is 0.0945. The van der Waals surface area contributed by atoms with Crippen molar-refractivity contribution in [1.82, 2.24) is 15.3 Å². The number of carbonyl (C=O) groups is 1. The van der Waals surface area contributed by atoms with E-state index in [1.165, 1.54) is 11.3 Å². The third-order valence-corrected chi connectivity index (χ3v) is 4.60. The van der Waals surface area contributed by atoms with Gasteiger partial charge in [-0.2, -0.15) is 0 Å². The molecule has 0 fully saturated rings. The molecule has 0 spiro atoms. The van der Waals surface area contributed by atoms with E-state index in [-0.39, 0.29) is 18.9 Å². The molecule has 128 valence electrons. The molecule has 0 atom stereocenters. The summed E-state index contributed by atoms with van der Waals surface area (Å²) in [4.78, 5) is 20.5. The maximum Gasteiger partial charge on any atom is 0.223 e. The van der Waals surface area contributed by atoms with Crippen molar-refractivity contribution in [2.24, 2.45) is 0 Å². The largest absolute Gasteiger partial charge is 0.491 e. The van der Waals surface area contributed by atoms with Crippen molar-refractivity contribution in [3.63, 3.8) is 0 Å². The van der Waals surface area contributed by atoms with Gasteiger partial charge in [0.2, 0.25) is 5.91 Å². The molecule has 0 aliphatic heterocycles. The second-order valence-corrected chi connectivity index (χ2v) is 6.46. The van der Waals surface area contributed by atoms with Crippen LogP contribution in [0.5, 0.6) is 5.75 Å². The topological polar surface area (TPSA) is 64.1 Å². The SMILES string of the molecule is O=C(CCOc1ccccc1Cl)NCc1csc(-c2cccnc2)n1. The first-order valence-corrected chi connectivity index (χ1v) is 8.97. The number of ether oxygens (including phenoxy) is 1. The van der Waals surface area contributed by atoms with Crippen LogP contribution in [0.2, 0.25) is 5.02 Å². The number of amides is 1. The van der Waals surface area contributed by atoms with Crippen LogP contribution in [0.1, 0.15) is 12.1 Å². The molecule has 2 heterocycles. The average molecular weight is 374 g/mol. The molecule has 0 aliphatic carbocycles. The Balaban J connectivity index is 1.44. The lowest BCUT2D eigenvalue weighted by Crippen LogP contribution is -2.24. The van der Waals surface area contributed by atoms with E-state index in [2.05, 4.69) is 15.3 Å². The van der Waals surface area contributed by atoms with Gasteiger partial charge in [0.1, 0.15) is 10.8 Å². The van der Waals surface area contributed by atoms with Crippen molar-refractivity contribution in [3.05, 3.63) is 64.9 Å². The van der Waals surface area contributed by atoms with Gasteiger partial charge in [-0.05, 0) is 24.3 Å². The number of nitrogens with zero attached hydrogens (tertiary/aromatic N) is 2. The summed E-state index contributed by atoms with van der Waals surface area (Å²) in [6.07, 6.45) is 3.75. The van der Waals surface area contributed by atoms with Gasteiger partial charge in [-0.15, -0.1) is 11.3 Å². The highest BCUT2D eigenvalue weighted by atomic mass is 35.5. The molecule has 0 radical (unpaired) electrons. The third-order valence-electron chi connectivity index (χ3n) is 3.35. The van der Waals surface area contributed by atoms with E-state index in [4.69, 9.17) is 16.3 Å². The van der Waals surface area contributed by atoms with Crippen LogP contribution in [0, 0.1) is 0 Å². The first-order chi connectivity index (χ1) is 12.2. The van der Waals surface area contributed by atoms with Gasteiger partial charge in [0.25, 0.3) is 0 Å². The van der Waals surface area contributed by atoms with E-state index in [9.17, 15) is 4.79 Å². The van der Waals surface area contributed by atoms with Crippen LogP contribution in [0.4, 0.5) is 0 Å². The van der Waals surface area contributed by atoms with Crippen LogP contribution in [0.3, 0.4) is 0 Å². The number of halogens is 1. The van der Waals surface area contributed by atoms with Crippen molar-refractivity contribution < 1.29 is 9.53 Å². The van der Waals surface area contributed by atoms with E-state index in [1.54, 1.807) is 24.5 Å². The number of pyridine rings is 1. The van der Waals surface area contributed by atoms with Crippen molar-refractivity contribution in [3.8, 4) is 16.3 Å². The summed E-state index contributed by atoms with van der Waals surface area (Å²) >= 11 is 7.53. The third kappa shape index (κ3) is 5.01. The summed E-state index contributed by atoms with van der Waals surface area (Å²) in [6.45, 7) is 0.662. The number of benzene rings is 1. The quantitative estimate of drug-likeness (QED) is 0.681. The van der Waals surface area contributed by atoms with E-state index in [0.717, 1.165) is 16.3 Å². The molecule has 0 unspecified atom stereocenters. The van der Waals surface area contributed by atoms with Gasteiger partial charge in [0.15, 0.2) is 0 Å². The zero-order chi connectivity index (χ0) is 17.5. The lowest BCUT2D eigenvalue weighted by Gasteiger charge is -2.07. The number of hydrogen-bond donors (Lipinski definition) is 1. The zero-order valence-electron chi connectivity index (χ0n) is 13.3. The highest BCUT2D eigenvalue weighted by molar-refractivity contribution is 7.13. The van der Waals surface area contributed by atoms with Crippen molar-refractivity contribution in [2.45, 2.75) is 13.0 Å². The fraction of sp³-hybridized carbons (Fsp3) is 0.167. The van der Waals surface area contributed by atoms with Crippen LogP contribution >= 0.6 is 22.9 Å². The van der Waals surface area contributed by atoms with Gasteiger partial charge in [0, 0.05) is 23.3 Å². The minimum atomic E-state index is -0.0945. The molecule has 0 saturated carbocycles. The Bertz CT molecular complexity index is 839. The summed E-state index contributed by atoms with van der Waals surface area (Å²) in [5.74, 6) is 0.487. The van der Waals surface area contributed by atoms with E-state index in [1.807, 2.05) is 29.6 Å². The number of hydrogen-bond acceptors (Lipinski definition) is 5. The lowest BCUT2D eigenvalue weighted by molar-refractivity contribution is -0.121. The number of aromatic nitrogens is 2. The van der Waals surface area contributed by atoms with E-state index < -0.39 is 0 Å². The van der Waals surface area contributed by atoms with Crippen molar-refractivity contribution in [2.75, 3.05) is 6.61 Å². The molecular weight excluding hydrogens is 358 g/mol. The van der Waals surface area contributed by atoms with Gasteiger partial charge in [0.05, 0.1) is 30.3 Å². The first kappa shape index (κ1) is 17.4. The number of carbonyl (C=O) groups excluding carboxylic acids is 1. The molecule has 0 bridgehead atoms. The summed E-state index contributed by atoms with van der Waals surface area (Å²) in [7, 11) is 0. The van der Waals surface area contributed by atoms with Gasteiger partial charge < -0.3 is 10.1 Å². The van der Waals surface area contributed by atoms with Crippen molar-refractivity contribution in [1.29, 1.82) is 0 Å². The molecule has 1 amide bonds. The molecule has 1 aromatic carbocycles. The predicted molar refractivity (Wildman–Crippen MR) is 98.8 cm³/mol. The molecule has 1 N–H and O–H groups in total. The Hall–Kier alpha value is -2.44. The van der Waals surface area contributed by atoms with Crippen LogP contribution in [-0.4, -0.2) is 22.5 Å². The number of thiazole rings is 1. The lowest BCUT2D eigenvalue weighted by atomic mass is 10.3. The molecule has 0 aliphatic rings. The standard InChI is InChI=1S/C18H16ClN3O2S/c19-15-5-1-2-6-16(15)24-9-7-17(23)21-11-14-12-25-18(22-14)13-4-3-8-20-10-13/h1-6,8,10,12H,7,9,11H2,(H,21,23). The molecule has 3 aromatic rings. The molecule has 25 heavy (non-hydrogen) atoms. The fourth-order valence-electron chi connectivity index (χ4n) is 2.10. The Morgan fingerprint density at radius 2 is 2.12 bits per heavy atom. The van der Waals surface area contributed by atoms with Gasteiger partial charge >= 0.3 is 0 Å². The van der Waals surface area contributed by atoms with Crippen LogP contribution in [0.15, 0.2) is 54.2 Å². The molecule has 3 rings (SSSR count). The fourth-order valence-corrected chi connectivity index (χ4v) is 3.10. The Morgan fingerprint density at radius 1 is 1.24 bits per heavy atom. The predicted octanol–water partition coefficient (Wildman–Crippen LogP) is 3.94. The highest BCUT2D eigenvalue weighted by Crippen LogP contribution is 2.23. The van der Waals surface area contributed by atoms with Crippen molar-refractivity contribution >= 4 is 28.8 Å². The minimum Gasteiger partial charge on any atom is -0.491 e. The smallest absolute Gasteiger partial charge is 0.223 e. The molecule has 7 heteroatoms. The Morgan fingerprint density at radius 3 is 2.92 bits per heavy atom. The van der Waals surface area contributed by atoms with Crippen LogP contribution in [0.25, 0.3) is 10.6 Å². The van der Waals surface area contributed by atoms with Gasteiger partial charge in [-0.1, -0.05) is 23.7 Å². The highest BCUT2D eigenvalue weighted by Gasteiger charge is 2.07.